The molecule has 3 heterocycles. The molecule has 2 aromatic rings. The summed E-state index contributed by atoms with van der Waals surface area (Å²) in [7, 11) is 1.92. The Morgan fingerprint density at radius 3 is 2.75 bits per heavy atom. The Hall–Kier alpha value is -2.81. The van der Waals surface area contributed by atoms with E-state index in [1.165, 1.54) is 0 Å². The molecule has 0 saturated carbocycles. The molecule has 1 saturated heterocycles. The number of nitriles is 1. The minimum Gasteiger partial charge on any atom is -0.354 e. The second-order valence-electron chi connectivity index (χ2n) is 6.04. The second-order valence-corrected chi connectivity index (χ2v) is 6.04. The van der Waals surface area contributed by atoms with Crippen molar-refractivity contribution in [2.45, 2.75) is 13.3 Å². The highest BCUT2D eigenvalue weighted by Crippen LogP contribution is 2.19. The molecule has 0 aromatic carbocycles. The van der Waals surface area contributed by atoms with Crippen LogP contribution in [-0.2, 0) is 7.05 Å². The van der Waals surface area contributed by atoms with Crippen molar-refractivity contribution in [3.05, 3.63) is 47.4 Å². The van der Waals surface area contributed by atoms with Gasteiger partial charge in [0.05, 0.1) is 5.56 Å². The minimum atomic E-state index is 0.0639. The van der Waals surface area contributed by atoms with Gasteiger partial charge in [-0.05, 0) is 37.6 Å². The summed E-state index contributed by atoms with van der Waals surface area (Å²) >= 11 is 0. The molecular formula is C18H21N5O. The number of aryl methyl sites for hydroxylation is 1. The standard InChI is InChI=1S/C18H21N5O/c1-14-6-7-16(21(14)2)18(24)23-10-4-9-22(11-12-23)17-15(13-19)5-3-8-20-17/h3,5-8H,4,9-12H2,1-2H3. The fraction of sp³-hybridized carbons (Fsp3) is 0.389. The number of hydrogen-bond acceptors (Lipinski definition) is 4. The van der Waals surface area contributed by atoms with Crippen molar-refractivity contribution in [3.63, 3.8) is 0 Å². The zero-order valence-electron chi connectivity index (χ0n) is 14.1. The summed E-state index contributed by atoms with van der Waals surface area (Å²) in [5.41, 5.74) is 2.37. The molecule has 0 radical (unpaired) electrons. The molecule has 124 valence electrons. The predicted molar refractivity (Wildman–Crippen MR) is 91.8 cm³/mol. The SMILES string of the molecule is Cc1ccc(C(=O)N2CCCN(c3ncccc3C#N)CC2)n1C. The molecule has 1 amide bonds. The average Bonchev–Trinajstić information content (AvgIpc) is 2.81. The van der Waals surface area contributed by atoms with Gasteiger partial charge in [-0.3, -0.25) is 4.79 Å². The van der Waals surface area contributed by atoms with Crippen LogP contribution in [0.5, 0.6) is 0 Å². The maximum absolute atomic E-state index is 12.8. The van der Waals surface area contributed by atoms with Crippen LogP contribution >= 0.6 is 0 Å². The van der Waals surface area contributed by atoms with Crippen molar-refractivity contribution in [2.75, 3.05) is 31.1 Å². The molecule has 0 atom stereocenters. The van der Waals surface area contributed by atoms with E-state index in [0.717, 1.165) is 24.4 Å². The first-order valence-electron chi connectivity index (χ1n) is 8.13. The van der Waals surface area contributed by atoms with Crippen molar-refractivity contribution < 1.29 is 4.79 Å². The quantitative estimate of drug-likeness (QED) is 0.847. The van der Waals surface area contributed by atoms with Crippen LogP contribution < -0.4 is 4.90 Å². The molecule has 6 nitrogen and oxygen atoms in total. The first kappa shape index (κ1) is 16.1. The Morgan fingerprint density at radius 2 is 2.04 bits per heavy atom. The Balaban J connectivity index is 1.75. The van der Waals surface area contributed by atoms with E-state index in [9.17, 15) is 10.1 Å². The number of anilines is 1. The molecular weight excluding hydrogens is 302 g/mol. The lowest BCUT2D eigenvalue weighted by atomic mass is 10.2. The highest BCUT2D eigenvalue weighted by atomic mass is 16.2. The summed E-state index contributed by atoms with van der Waals surface area (Å²) in [4.78, 5) is 21.1. The van der Waals surface area contributed by atoms with Crippen LogP contribution in [0.25, 0.3) is 0 Å². The first-order valence-corrected chi connectivity index (χ1v) is 8.13. The van der Waals surface area contributed by atoms with Gasteiger partial charge < -0.3 is 14.4 Å². The highest BCUT2D eigenvalue weighted by Gasteiger charge is 2.23. The number of carbonyl (C=O) groups excluding carboxylic acids is 1. The van der Waals surface area contributed by atoms with Gasteiger partial charge in [0, 0.05) is 45.1 Å². The second kappa shape index (κ2) is 6.75. The normalized spacial score (nSPS) is 15.0. The van der Waals surface area contributed by atoms with Gasteiger partial charge in [-0.1, -0.05) is 0 Å². The van der Waals surface area contributed by atoms with E-state index in [-0.39, 0.29) is 5.91 Å². The maximum atomic E-state index is 12.8. The summed E-state index contributed by atoms with van der Waals surface area (Å²) in [6, 6.07) is 9.59. The monoisotopic (exact) mass is 323 g/mol. The Morgan fingerprint density at radius 1 is 1.21 bits per heavy atom. The third-order valence-corrected chi connectivity index (χ3v) is 4.58. The number of rotatable bonds is 2. The van der Waals surface area contributed by atoms with E-state index in [1.807, 2.05) is 35.6 Å². The minimum absolute atomic E-state index is 0.0639. The summed E-state index contributed by atoms with van der Waals surface area (Å²) in [5.74, 6) is 0.776. The fourth-order valence-corrected chi connectivity index (χ4v) is 3.06. The Kier molecular flexibility index (Phi) is 4.52. The van der Waals surface area contributed by atoms with Crippen molar-refractivity contribution in [1.29, 1.82) is 5.26 Å². The zero-order chi connectivity index (χ0) is 17.1. The van der Waals surface area contributed by atoms with Crippen molar-refractivity contribution >= 4 is 11.7 Å². The number of carbonyl (C=O) groups is 1. The molecule has 0 N–H and O–H groups in total. The van der Waals surface area contributed by atoms with Gasteiger partial charge in [-0.25, -0.2) is 4.98 Å². The Labute approximate surface area is 141 Å². The van der Waals surface area contributed by atoms with Crippen molar-refractivity contribution in [1.82, 2.24) is 14.5 Å². The lowest BCUT2D eigenvalue weighted by Gasteiger charge is -2.23. The Bertz CT molecular complexity index is 789. The van der Waals surface area contributed by atoms with Gasteiger partial charge in [0.2, 0.25) is 0 Å². The van der Waals surface area contributed by atoms with Gasteiger partial charge >= 0.3 is 0 Å². The first-order chi connectivity index (χ1) is 11.6. The number of pyridine rings is 1. The molecule has 0 bridgehead atoms. The molecule has 24 heavy (non-hydrogen) atoms. The number of nitrogens with zero attached hydrogens (tertiary/aromatic N) is 5. The summed E-state index contributed by atoms with van der Waals surface area (Å²) in [6.07, 6.45) is 2.56. The summed E-state index contributed by atoms with van der Waals surface area (Å²) in [5, 5.41) is 9.26. The van der Waals surface area contributed by atoms with Gasteiger partial charge in [-0.15, -0.1) is 0 Å². The van der Waals surface area contributed by atoms with E-state index < -0.39 is 0 Å². The summed E-state index contributed by atoms with van der Waals surface area (Å²) in [6.45, 7) is 4.81. The number of aromatic nitrogens is 2. The molecule has 0 aliphatic carbocycles. The van der Waals surface area contributed by atoms with Gasteiger partial charge in [0.25, 0.3) is 5.91 Å². The average molecular weight is 323 g/mol. The lowest BCUT2D eigenvalue weighted by molar-refractivity contribution is 0.0757. The van der Waals surface area contributed by atoms with E-state index in [0.29, 0.717) is 31.0 Å². The third-order valence-electron chi connectivity index (χ3n) is 4.58. The molecule has 0 spiro atoms. The highest BCUT2D eigenvalue weighted by molar-refractivity contribution is 5.93. The lowest BCUT2D eigenvalue weighted by Crippen LogP contribution is -2.36. The predicted octanol–water partition coefficient (Wildman–Crippen LogP) is 1.95. The van der Waals surface area contributed by atoms with E-state index >= 15 is 0 Å². The maximum Gasteiger partial charge on any atom is 0.270 e. The van der Waals surface area contributed by atoms with Crippen LogP contribution in [0.4, 0.5) is 5.82 Å². The molecule has 1 aliphatic rings. The molecule has 2 aromatic heterocycles. The van der Waals surface area contributed by atoms with Gasteiger partial charge in [0.1, 0.15) is 17.6 Å². The van der Waals surface area contributed by atoms with E-state index in [4.69, 9.17) is 0 Å². The van der Waals surface area contributed by atoms with Crippen LogP contribution in [0.3, 0.4) is 0 Å². The van der Waals surface area contributed by atoms with Crippen molar-refractivity contribution in [2.24, 2.45) is 7.05 Å². The third kappa shape index (κ3) is 2.98. The van der Waals surface area contributed by atoms with Crippen LogP contribution in [0, 0.1) is 18.3 Å². The topological polar surface area (TPSA) is 65.2 Å². The molecule has 1 fully saturated rings. The van der Waals surface area contributed by atoms with E-state index in [1.54, 1.807) is 18.3 Å². The number of hydrogen-bond donors (Lipinski definition) is 0. The van der Waals surface area contributed by atoms with Gasteiger partial charge in [0.15, 0.2) is 0 Å². The number of amides is 1. The molecule has 3 rings (SSSR count). The van der Waals surface area contributed by atoms with E-state index in [2.05, 4.69) is 16.0 Å². The van der Waals surface area contributed by atoms with Gasteiger partial charge in [-0.2, -0.15) is 5.26 Å². The van der Waals surface area contributed by atoms with Crippen molar-refractivity contribution in [3.8, 4) is 6.07 Å². The van der Waals surface area contributed by atoms with Crippen LogP contribution in [0.2, 0.25) is 0 Å². The van der Waals surface area contributed by atoms with Crippen LogP contribution in [0.15, 0.2) is 30.5 Å². The van der Waals surface area contributed by atoms with Crippen LogP contribution in [0.1, 0.15) is 28.2 Å². The largest absolute Gasteiger partial charge is 0.354 e. The molecule has 0 unspecified atom stereocenters. The van der Waals surface area contributed by atoms with Crippen LogP contribution in [-0.4, -0.2) is 46.5 Å². The smallest absolute Gasteiger partial charge is 0.270 e. The summed E-state index contributed by atoms with van der Waals surface area (Å²) < 4.78 is 1.93. The fourth-order valence-electron chi connectivity index (χ4n) is 3.06. The molecule has 1 aliphatic heterocycles. The molecule has 6 heteroatoms. The zero-order valence-corrected chi connectivity index (χ0v) is 14.1.